The first kappa shape index (κ1) is 13.5. The maximum atomic E-state index is 10.1. The molecule has 0 aromatic carbocycles. The van der Waals surface area contributed by atoms with Crippen molar-refractivity contribution in [2.75, 3.05) is 13.6 Å². The molecule has 2 heterocycles. The molecule has 0 spiro atoms. The van der Waals surface area contributed by atoms with E-state index in [1.165, 1.54) is 24.1 Å². The van der Waals surface area contributed by atoms with Crippen molar-refractivity contribution in [3.8, 4) is 0 Å². The highest BCUT2D eigenvalue weighted by molar-refractivity contribution is 5.34. The summed E-state index contributed by atoms with van der Waals surface area (Å²) in [4.78, 5) is 6.95. The second-order valence-corrected chi connectivity index (χ2v) is 5.30. The van der Waals surface area contributed by atoms with E-state index in [1.54, 1.807) is 0 Å². The summed E-state index contributed by atoms with van der Waals surface area (Å²) in [5, 5.41) is 10.1. The fraction of sp³-hybridized carbons (Fsp3) is 0.667. The third-order valence-electron chi connectivity index (χ3n) is 3.71. The first-order valence-corrected chi connectivity index (χ1v) is 7.03. The molecular weight excluding hydrogens is 224 g/mol. The molecule has 0 saturated carbocycles. The van der Waals surface area contributed by atoms with Crippen LogP contribution < -0.4 is 0 Å². The third-order valence-corrected chi connectivity index (χ3v) is 3.71. The Bertz CT molecular complexity index is 417. The van der Waals surface area contributed by atoms with Gasteiger partial charge in [0.05, 0.1) is 11.8 Å². The van der Waals surface area contributed by atoms with E-state index in [-0.39, 0.29) is 6.10 Å². The number of aliphatic hydroxyl groups excluding tert-OH is 1. The van der Waals surface area contributed by atoms with Crippen molar-refractivity contribution in [2.45, 2.75) is 52.2 Å². The van der Waals surface area contributed by atoms with Gasteiger partial charge < -0.3 is 5.11 Å². The van der Waals surface area contributed by atoms with E-state index in [2.05, 4.69) is 24.8 Å². The lowest BCUT2D eigenvalue weighted by Crippen LogP contribution is -2.31. The van der Waals surface area contributed by atoms with Crippen LogP contribution in [0.1, 0.15) is 55.3 Å². The minimum atomic E-state index is -0.378. The molecule has 0 bridgehead atoms. The minimum absolute atomic E-state index is 0.378. The molecule has 0 amide bonds. The van der Waals surface area contributed by atoms with E-state index in [9.17, 15) is 5.11 Å². The Morgan fingerprint density at radius 1 is 1.44 bits per heavy atom. The number of aryl methyl sites for hydroxylation is 2. The predicted octanol–water partition coefficient (Wildman–Crippen LogP) is 2.47. The number of aromatic nitrogens is 1. The molecule has 1 N–H and O–H groups in total. The van der Waals surface area contributed by atoms with Crippen molar-refractivity contribution < 1.29 is 5.11 Å². The normalized spacial score (nSPS) is 19.9. The van der Waals surface area contributed by atoms with Gasteiger partial charge in [0.25, 0.3) is 0 Å². The largest absolute Gasteiger partial charge is 0.387 e. The monoisotopic (exact) mass is 248 g/mol. The number of unbranched alkanes of at least 4 members (excludes halogenated alkanes) is 1. The van der Waals surface area contributed by atoms with Gasteiger partial charge in [-0.2, -0.15) is 0 Å². The lowest BCUT2D eigenvalue weighted by Gasteiger charge is -2.29. The molecule has 3 nitrogen and oxygen atoms in total. The van der Waals surface area contributed by atoms with E-state index >= 15 is 0 Å². The molecule has 1 aliphatic rings. The Labute approximate surface area is 110 Å². The smallest absolute Gasteiger partial charge is 0.0935 e. The molecule has 1 aliphatic heterocycles. The topological polar surface area (TPSA) is 36.4 Å². The van der Waals surface area contributed by atoms with E-state index in [0.29, 0.717) is 6.54 Å². The van der Waals surface area contributed by atoms with E-state index in [4.69, 9.17) is 4.98 Å². The zero-order valence-electron chi connectivity index (χ0n) is 11.7. The summed E-state index contributed by atoms with van der Waals surface area (Å²) in [5.41, 5.74) is 4.66. The second kappa shape index (κ2) is 5.81. The SMILES string of the molecule is CCCCc1nc2c(cc1CC)C(O)CN(C)C2. The highest BCUT2D eigenvalue weighted by Crippen LogP contribution is 2.27. The fourth-order valence-corrected chi connectivity index (χ4v) is 2.65. The van der Waals surface area contributed by atoms with Gasteiger partial charge in [-0.25, -0.2) is 0 Å². The van der Waals surface area contributed by atoms with Crippen molar-refractivity contribution in [3.05, 3.63) is 28.6 Å². The summed E-state index contributed by atoms with van der Waals surface area (Å²) >= 11 is 0. The van der Waals surface area contributed by atoms with Crippen LogP contribution in [0.4, 0.5) is 0 Å². The molecule has 2 rings (SSSR count). The second-order valence-electron chi connectivity index (χ2n) is 5.30. The van der Waals surface area contributed by atoms with Gasteiger partial charge in [0.2, 0.25) is 0 Å². The Hall–Kier alpha value is -0.930. The first-order valence-electron chi connectivity index (χ1n) is 7.03. The van der Waals surface area contributed by atoms with Gasteiger partial charge in [-0.15, -0.1) is 0 Å². The zero-order chi connectivity index (χ0) is 13.1. The van der Waals surface area contributed by atoms with E-state index < -0.39 is 0 Å². The third kappa shape index (κ3) is 2.73. The molecule has 1 aromatic heterocycles. The van der Waals surface area contributed by atoms with Gasteiger partial charge in [-0.1, -0.05) is 20.3 Å². The van der Waals surface area contributed by atoms with E-state index in [1.807, 2.05) is 7.05 Å². The number of likely N-dealkylation sites (N-methyl/N-ethyl adjacent to an activating group) is 1. The Kier molecular flexibility index (Phi) is 4.36. The Morgan fingerprint density at radius 2 is 2.22 bits per heavy atom. The van der Waals surface area contributed by atoms with Gasteiger partial charge in [-0.3, -0.25) is 9.88 Å². The zero-order valence-corrected chi connectivity index (χ0v) is 11.7. The van der Waals surface area contributed by atoms with Gasteiger partial charge in [0, 0.05) is 24.3 Å². The van der Waals surface area contributed by atoms with Gasteiger partial charge in [0.15, 0.2) is 0 Å². The minimum Gasteiger partial charge on any atom is -0.387 e. The number of pyridine rings is 1. The summed E-state index contributed by atoms with van der Waals surface area (Å²) in [6, 6.07) is 2.19. The highest BCUT2D eigenvalue weighted by Gasteiger charge is 2.23. The van der Waals surface area contributed by atoms with Gasteiger partial charge >= 0.3 is 0 Å². The molecular formula is C15H24N2O. The molecule has 0 radical (unpaired) electrons. The Morgan fingerprint density at radius 3 is 2.89 bits per heavy atom. The molecule has 0 aliphatic carbocycles. The summed E-state index contributed by atoms with van der Waals surface area (Å²) < 4.78 is 0. The van der Waals surface area contributed by atoms with Gasteiger partial charge in [-0.05, 0) is 37.9 Å². The average molecular weight is 248 g/mol. The van der Waals surface area contributed by atoms with Crippen LogP contribution in [0.5, 0.6) is 0 Å². The average Bonchev–Trinajstić information content (AvgIpc) is 2.35. The van der Waals surface area contributed by atoms with Crippen LogP contribution in [0.3, 0.4) is 0 Å². The van der Waals surface area contributed by atoms with Crippen LogP contribution in [0, 0.1) is 0 Å². The fourth-order valence-electron chi connectivity index (χ4n) is 2.65. The number of rotatable bonds is 4. The molecule has 18 heavy (non-hydrogen) atoms. The van der Waals surface area contributed by atoms with Gasteiger partial charge in [0.1, 0.15) is 0 Å². The molecule has 3 heteroatoms. The van der Waals surface area contributed by atoms with Crippen LogP contribution >= 0.6 is 0 Å². The number of nitrogens with zero attached hydrogens (tertiary/aromatic N) is 2. The molecule has 0 saturated heterocycles. The summed E-state index contributed by atoms with van der Waals surface area (Å²) in [6.07, 6.45) is 4.08. The van der Waals surface area contributed by atoms with Crippen molar-refractivity contribution in [2.24, 2.45) is 0 Å². The van der Waals surface area contributed by atoms with Crippen molar-refractivity contribution in [1.82, 2.24) is 9.88 Å². The number of β-amino-alcohol motifs (C(OH)–C–C–N with tert-alkyl or cyclic N) is 1. The summed E-state index contributed by atoms with van der Waals surface area (Å²) in [5.74, 6) is 0. The summed E-state index contributed by atoms with van der Waals surface area (Å²) in [7, 11) is 2.04. The Balaban J connectivity index is 2.35. The highest BCUT2D eigenvalue weighted by atomic mass is 16.3. The number of fused-ring (bicyclic) bond motifs is 1. The molecule has 1 aromatic rings. The molecule has 1 atom stereocenters. The van der Waals surface area contributed by atoms with Crippen LogP contribution in [0.25, 0.3) is 0 Å². The summed E-state index contributed by atoms with van der Waals surface area (Å²) in [6.45, 7) is 5.95. The maximum absolute atomic E-state index is 10.1. The maximum Gasteiger partial charge on any atom is 0.0935 e. The quantitative estimate of drug-likeness (QED) is 0.889. The molecule has 0 fully saturated rings. The van der Waals surface area contributed by atoms with Crippen LogP contribution in [0.15, 0.2) is 6.07 Å². The van der Waals surface area contributed by atoms with Crippen LogP contribution in [-0.2, 0) is 19.4 Å². The molecule has 1 unspecified atom stereocenters. The molecule has 100 valence electrons. The van der Waals surface area contributed by atoms with Crippen LogP contribution in [-0.4, -0.2) is 28.6 Å². The van der Waals surface area contributed by atoms with Crippen LogP contribution in [0.2, 0.25) is 0 Å². The lowest BCUT2D eigenvalue weighted by molar-refractivity contribution is 0.106. The standard InChI is InChI=1S/C15H24N2O/c1-4-6-7-13-11(5-2)8-12-14(16-13)9-17(3)10-15(12)18/h8,15,18H,4-7,9-10H2,1-3H3. The number of hydrogen-bond acceptors (Lipinski definition) is 3. The number of hydrogen-bond donors (Lipinski definition) is 1. The van der Waals surface area contributed by atoms with Crippen molar-refractivity contribution in [1.29, 1.82) is 0 Å². The van der Waals surface area contributed by atoms with Crippen molar-refractivity contribution >= 4 is 0 Å². The lowest BCUT2D eigenvalue weighted by atomic mass is 9.96. The van der Waals surface area contributed by atoms with E-state index in [0.717, 1.165) is 30.6 Å². The predicted molar refractivity (Wildman–Crippen MR) is 73.5 cm³/mol. The number of aliphatic hydroxyl groups is 1. The first-order chi connectivity index (χ1) is 8.65. The van der Waals surface area contributed by atoms with Crippen molar-refractivity contribution in [3.63, 3.8) is 0 Å².